The van der Waals surface area contributed by atoms with Gasteiger partial charge in [-0.05, 0) is 12.0 Å². The number of fused-ring (bicyclic) bond motifs is 1. The van der Waals surface area contributed by atoms with Crippen LogP contribution in [0.15, 0.2) is 35.3 Å². The minimum atomic E-state index is -0.250. The Morgan fingerprint density at radius 3 is 2.73 bits per heavy atom. The maximum absolute atomic E-state index is 8.36. The van der Waals surface area contributed by atoms with E-state index in [-0.39, 0.29) is 18.5 Å². The number of thiazole rings is 1. The number of aromatic nitrogens is 1. The molecule has 7 nitrogen and oxygen atoms in total. The third kappa shape index (κ3) is 3.80. The highest BCUT2D eigenvalue weighted by molar-refractivity contribution is 7.15. The molecule has 8 heteroatoms. The summed E-state index contributed by atoms with van der Waals surface area (Å²) in [7, 11) is 0. The molecule has 22 heavy (non-hydrogen) atoms. The molecule has 116 valence electrons. The van der Waals surface area contributed by atoms with E-state index in [4.69, 9.17) is 21.4 Å². The molecule has 0 fully saturated rings. The lowest BCUT2D eigenvalue weighted by Gasteiger charge is -2.23. The fourth-order valence-corrected chi connectivity index (χ4v) is 3.25. The third-order valence-electron chi connectivity index (χ3n) is 3.05. The minimum absolute atomic E-state index is 0.0512. The summed E-state index contributed by atoms with van der Waals surface area (Å²) in [4.78, 5) is 18.2. The zero-order chi connectivity index (χ0) is 15.9. The summed E-state index contributed by atoms with van der Waals surface area (Å²) in [5, 5.41) is 11.0. The summed E-state index contributed by atoms with van der Waals surface area (Å²) in [5.74, 6) is 0.0512. The number of benzene rings is 1. The van der Waals surface area contributed by atoms with Crippen LogP contribution in [-0.2, 0) is 11.2 Å². The molecule has 0 spiro atoms. The van der Waals surface area contributed by atoms with Crippen molar-refractivity contribution in [3.63, 3.8) is 0 Å². The maximum atomic E-state index is 8.36. The van der Waals surface area contributed by atoms with Gasteiger partial charge in [0.05, 0.1) is 11.7 Å². The molecule has 1 aliphatic heterocycles. The van der Waals surface area contributed by atoms with Gasteiger partial charge in [-0.2, -0.15) is 4.99 Å². The van der Waals surface area contributed by atoms with Crippen molar-refractivity contribution in [1.82, 2.24) is 10.3 Å². The molecule has 2 aromatic rings. The third-order valence-corrected chi connectivity index (χ3v) is 4.07. The number of nitrogens with two attached hydrogens (primary N) is 2. The second-order valence-electron chi connectivity index (χ2n) is 4.49. The average Bonchev–Trinajstić information content (AvgIpc) is 2.90. The standard InChI is InChI=1S/C13H15N5S.CH2O2/c14-12(15)18-13-17-11-9(19-13)6-7-16-10(11)8-4-2-1-3-5-8;2-1-3/h1-5,10,16H,6-7H2,(H4,14,15,17,18);1H,(H,2,3)/t10-;/m0./s1. The van der Waals surface area contributed by atoms with E-state index in [0.717, 1.165) is 18.7 Å². The second-order valence-corrected chi connectivity index (χ2v) is 5.56. The van der Waals surface area contributed by atoms with Gasteiger partial charge in [-0.25, -0.2) is 4.98 Å². The van der Waals surface area contributed by atoms with E-state index >= 15 is 0 Å². The van der Waals surface area contributed by atoms with Crippen LogP contribution in [0, 0.1) is 0 Å². The number of carbonyl (C=O) groups is 1. The summed E-state index contributed by atoms with van der Waals surface area (Å²) in [5.41, 5.74) is 13.1. The van der Waals surface area contributed by atoms with E-state index < -0.39 is 0 Å². The second kappa shape index (κ2) is 7.53. The van der Waals surface area contributed by atoms with Crippen LogP contribution in [0.3, 0.4) is 0 Å². The zero-order valence-corrected chi connectivity index (χ0v) is 12.6. The van der Waals surface area contributed by atoms with Gasteiger partial charge in [0.1, 0.15) is 0 Å². The van der Waals surface area contributed by atoms with Crippen molar-refractivity contribution in [3.05, 3.63) is 46.5 Å². The molecule has 0 saturated carbocycles. The van der Waals surface area contributed by atoms with Gasteiger partial charge in [-0.3, -0.25) is 4.79 Å². The van der Waals surface area contributed by atoms with Crippen molar-refractivity contribution in [3.8, 4) is 0 Å². The predicted octanol–water partition coefficient (Wildman–Crippen LogP) is 0.984. The maximum Gasteiger partial charge on any atom is 0.290 e. The Kier molecular flexibility index (Phi) is 5.45. The molecule has 0 amide bonds. The van der Waals surface area contributed by atoms with Crippen LogP contribution in [0.5, 0.6) is 0 Å². The molecule has 0 unspecified atom stereocenters. The Hall–Kier alpha value is -2.45. The van der Waals surface area contributed by atoms with E-state index in [1.807, 2.05) is 18.2 Å². The van der Waals surface area contributed by atoms with E-state index in [1.54, 1.807) is 11.3 Å². The lowest BCUT2D eigenvalue weighted by molar-refractivity contribution is -0.122. The number of carboxylic acid groups (broad SMARTS) is 1. The molecular formula is C14H17N5O2S. The average molecular weight is 319 g/mol. The first-order valence-corrected chi connectivity index (χ1v) is 7.42. The first-order chi connectivity index (χ1) is 10.7. The molecule has 6 N–H and O–H groups in total. The number of aliphatic imine (C=N–C) groups is 1. The fraction of sp³-hybridized carbons (Fsp3) is 0.214. The Balaban J connectivity index is 0.000000545. The van der Waals surface area contributed by atoms with Gasteiger partial charge in [0, 0.05) is 11.4 Å². The van der Waals surface area contributed by atoms with Crippen LogP contribution < -0.4 is 16.8 Å². The van der Waals surface area contributed by atoms with E-state index in [0.29, 0.717) is 5.13 Å². The van der Waals surface area contributed by atoms with Crippen molar-refractivity contribution in [2.75, 3.05) is 6.54 Å². The summed E-state index contributed by atoms with van der Waals surface area (Å²) < 4.78 is 0. The van der Waals surface area contributed by atoms with Gasteiger partial charge < -0.3 is 21.9 Å². The number of guanidine groups is 1. The SMILES string of the molecule is NC(N)=Nc1nc2c(s1)CCN[C@H]2c1ccccc1.O=CO. The van der Waals surface area contributed by atoms with Crippen LogP contribution in [0.4, 0.5) is 5.13 Å². The highest BCUT2D eigenvalue weighted by Crippen LogP contribution is 2.34. The number of hydrogen-bond donors (Lipinski definition) is 4. The molecular weight excluding hydrogens is 302 g/mol. The highest BCUT2D eigenvalue weighted by Gasteiger charge is 2.25. The first kappa shape index (κ1) is 15.9. The first-order valence-electron chi connectivity index (χ1n) is 6.61. The molecule has 1 aromatic heterocycles. The molecule has 0 bridgehead atoms. The number of hydrogen-bond acceptors (Lipinski definition) is 5. The van der Waals surface area contributed by atoms with Crippen molar-refractivity contribution < 1.29 is 9.90 Å². The van der Waals surface area contributed by atoms with Crippen LogP contribution in [-0.4, -0.2) is 29.1 Å². The topological polar surface area (TPSA) is 127 Å². The lowest BCUT2D eigenvalue weighted by Crippen LogP contribution is -2.30. The lowest BCUT2D eigenvalue weighted by atomic mass is 9.99. The van der Waals surface area contributed by atoms with Gasteiger partial charge in [0.15, 0.2) is 5.96 Å². The molecule has 0 saturated heterocycles. The molecule has 0 aliphatic carbocycles. The van der Waals surface area contributed by atoms with Crippen LogP contribution in [0.25, 0.3) is 0 Å². The zero-order valence-electron chi connectivity index (χ0n) is 11.8. The Morgan fingerprint density at radius 2 is 2.09 bits per heavy atom. The molecule has 2 heterocycles. The van der Waals surface area contributed by atoms with E-state index in [1.165, 1.54) is 10.4 Å². The molecule has 1 aliphatic rings. The molecule has 1 aromatic carbocycles. The number of rotatable bonds is 2. The summed E-state index contributed by atoms with van der Waals surface area (Å²) in [6.45, 7) is 0.690. The van der Waals surface area contributed by atoms with Crippen molar-refractivity contribution >= 4 is 28.9 Å². The summed E-state index contributed by atoms with van der Waals surface area (Å²) in [6.07, 6.45) is 0.969. The van der Waals surface area contributed by atoms with Crippen molar-refractivity contribution in [2.24, 2.45) is 16.5 Å². The highest BCUT2D eigenvalue weighted by atomic mass is 32.1. The van der Waals surface area contributed by atoms with Gasteiger partial charge in [0.2, 0.25) is 5.13 Å². The monoisotopic (exact) mass is 319 g/mol. The van der Waals surface area contributed by atoms with Gasteiger partial charge >= 0.3 is 0 Å². The van der Waals surface area contributed by atoms with Gasteiger partial charge in [-0.1, -0.05) is 41.7 Å². The Labute approximate surface area is 131 Å². The smallest absolute Gasteiger partial charge is 0.290 e. The summed E-state index contributed by atoms with van der Waals surface area (Å²) >= 11 is 1.56. The van der Waals surface area contributed by atoms with Crippen LogP contribution in [0.1, 0.15) is 22.2 Å². The Bertz CT molecular complexity index is 653. The molecule has 3 rings (SSSR count). The molecule has 1 atom stereocenters. The Morgan fingerprint density at radius 1 is 1.41 bits per heavy atom. The number of nitrogens with one attached hydrogen (secondary N) is 1. The van der Waals surface area contributed by atoms with E-state index in [9.17, 15) is 0 Å². The van der Waals surface area contributed by atoms with Crippen LogP contribution >= 0.6 is 11.3 Å². The largest absolute Gasteiger partial charge is 0.483 e. The summed E-state index contributed by atoms with van der Waals surface area (Å²) in [6, 6.07) is 10.4. The van der Waals surface area contributed by atoms with Gasteiger partial charge in [0.25, 0.3) is 6.47 Å². The number of nitrogens with zero attached hydrogens (tertiary/aromatic N) is 2. The normalized spacial score (nSPS) is 15.9. The van der Waals surface area contributed by atoms with Crippen LogP contribution in [0.2, 0.25) is 0 Å². The quantitative estimate of drug-likeness (QED) is 0.371. The fourth-order valence-electron chi connectivity index (χ4n) is 2.26. The van der Waals surface area contributed by atoms with Crippen molar-refractivity contribution in [2.45, 2.75) is 12.5 Å². The van der Waals surface area contributed by atoms with Gasteiger partial charge in [-0.15, -0.1) is 0 Å². The molecule has 0 radical (unpaired) electrons. The minimum Gasteiger partial charge on any atom is -0.483 e. The predicted molar refractivity (Wildman–Crippen MR) is 86.3 cm³/mol. The van der Waals surface area contributed by atoms with Crippen molar-refractivity contribution in [1.29, 1.82) is 0 Å². The van der Waals surface area contributed by atoms with E-state index in [2.05, 4.69) is 27.4 Å².